The standard InChI is InChI=1S/C11H22N2O2.ClH/c1-8(12)5-6-11(14)13-9(2)10-4-3-7-15-10;/h8-10H,3-7,12H2,1-2H3,(H,13,14);1H. The first kappa shape index (κ1) is 15.7. The van der Waals surface area contributed by atoms with Crippen molar-refractivity contribution in [2.75, 3.05) is 6.61 Å². The molecule has 96 valence electrons. The lowest BCUT2D eigenvalue weighted by molar-refractivity contribution is -0.122. The van der Waals surface area contributed by atoms with E-state index in [1.54, 1.807) is 0 Å². The second-order valence-electron chi connectivity index (χ2n) is 4.42. The van der Waals surface area contributed by atoms with Gasteiger partial charge in [0.25, 0.3) is 0 Å². The van der Waals surface area contributed by atoms with Gasteiger partial charge in [-0.25, -0.2) is 0 Å². The quantitative estimate of drug-likeness (QED) is 0.771. The molecule has 1 fully saturated rings. The molecule has 0 aliphatic carbocycles. The van der Waals surface area contributed by atoms with Gasteiger partial charge in [-0.15, -0.1) is 12.4 Å². The molecule has 1 aliphatic heterocycles. The Bertz CT molecular complexity index is 206. The Hall–Kier alpha value is -0.320. The van der Waals surface area contributed by atoms with Crippen LogP contribution in [0.4, 0.5) is 0 Å². The molecule has 1 amide bonds. The molecule has 1 aliphatic rings. The van der Waals surface area contributed by atoms with Crippen LogP contribution >= 0.6 is 12.4 Å². The van der Waals surface area contributed by atoms with Crippen LogP contribution in [0.25, 0.3) is 0 Å². The fraction of sp³-hybridized carbons (Fsp3) is 0.909. The molecule has 16 heavy (non-hydrogen) atoms. The third kappa shape index (κ3) is 5.68. The maximum atomic E-state index is 11.5. The number of nitrogens with two attached hydrogens (primary N) is 1. The van der Waals surface area contributed by atoms with Crippen molar-refractivity contribution < 1.29 is 9.53 Å². The van der Waals surface area contributed by atoms with Crippen LogP contribution in [-0.4, -0.2) is 30.7 Å². The van der Waals surface area contributed by atoms with E-state index < -0.39 is 0 Å². The van der Waals surface area contributed by atoms with Crippen molar-refractivity contribution in [3.8, 4) is 0 Å². The van der Waals surface area contributed by atoms with Gasteiger partial charge in [0.2, 0.25) is 5.91 Å². The molecule has 0 aromatic heterocycles. The molecular weight excluding hydrogens is 228 g/mol. The first-order valence-electron chi connectivity index (χ1n) is 5.76. The van der Waals surface area contributed by atoms with Crippen molar-refractivity contribution in [2.24, 2.45) is 5.73 Å². The largest absolute Gasteiger partial charge is 0.376 e. The van der Waals surface area contributed by atoms with Gasteiger partial charge in [-0.2, -0.15) is 0 Å². The van der Waals surface area contributed by atoms with Gasteiger partial charge in [0, 0.05) is 19.1 Å². The average Bonchev–Trinajstić information content (AvgIpc) is 2.67. The molecule has 1 saturated heterocycles. The van der Waals surface area contributed by atoms with Gasteiger partial charge in [-0.05, 0) is 33.1 Å². The summed E-state index contributed by atoms with van der Waals surface area (Å²) in [6.07, 6.45) is 3.60. The second-order valence-corrected chi connectivity index (χ2v) is 4.42. The van der Waals surface area contributed by atoms with Crippen LogP contribution < -0.4 is 11.1 Å². The van der Waals surface area contributed by atoms with Crippen LogP contribution in [0.3, 0.4) is 0 Å². The predicted molar refractivity (Wildman–Crippen MR) is 66.7 cm³/mol. The summed E-state index contributed by atoms with van der Waals surface area (Å²) in [5.74, 6) is 0.0790. The van der Waals surface area contributed by atoms with Gasteiger partial charge in [-0.1, -0.05) is 0 Å². The summed E-state index contributed by atoms with van der Waals surface area (Å²) in [5.41, 5.74) is 5.59. The molecule has 3 N–H and O–H groups in total. The van der Waals surface area contributed by atoms with E-state index in [4.69, 9.17) is 10.5 Å². The molecule has 0 spiro atoms. The maximum absolute atomic E-state index is 11.5. The zero-order chi connectivity index (χ0) is 11.3. The number of carbonyl (C=O) groups excluding carboxylic acids is 1. The van der Waals surface area contributed by atoms with E-state index in [2.05, 4.69) is 5.32 Å². The van der Waals surface area contributed by atoms with Gasteiger partial charge in [0.05, 0.1) is 12.1 Å². The van der Waals surface area contributed by atoms with E-state index in [9.17, 15) is 4.79 Å². The molecule has 5 heteroatoms. The van der Waals surface area contributed by atoms with E-state index >= 15 is 0 Å². The number of halogens is 1. The van der Waals surface area contributed by atoms with E-state index in [1.165, 1.54) is 0 Å². The number of nitrogens with one attached hydrogen (secondary N) is 1. The molecule has 1 rings (SSSR count). The highest BCUT2D eigenvalue weighted by atomic mass is 35.5. The molecule has 0 aromatic carbocycles. The van der Waals surface area contributed by atoms with Gasteiger partial charge >= 0.3 is 0 Å². The molecule has 3 atom stereocenters. The van der Waals surface area contributed by atoms with E-state index in [1.807, 2.05) is 13.8 Å². The van der Waals surface area contributed by atoms with Crippen LogP contribution in [0, 0.1) is 0 Å². The van der Waals surface area contributed by atoms with E-state index in [0.717, 1.165) is 25.9 Å². The summed E-state index contributed by atoms with van der Waals surface area (Å²) < 4.78 is 5.50. The monoisotopic (exact) mass is 250 g/mol. The number of amides is 1. The van der Waals surface area contributed by atoms with Crippen molar-refractivity contribution in [1.29, 1.82) is 0 Å². The number of ether oxygens (including phenoxy) is 1. The SMILES string of the molecule is CC(N)CCC(=O)NC(C)C1CCCO1.Cl. The molecule has 3 unspecified atom stereocenters. The minimum atomic E-state index is 0. The summed E-state index contributed by atoms with van der Waals surface area (Å²) in [4.78, 5) is 11.5. The summed E-state index contributed by atoms with van der Waals surface area (Å²) in [6.45, 7) is 4.74. The Morgan fingerprint density at radius 1 is 1.56 bits per heavy atom. The Morgan fingerprint density at radius 3 is 2.75 bits per heavy atom. The van der Waals surface area contributed by atoms with E-state index in [-0.39, 0.29) is 36.5 Å². The smallest absolute Gasteiger partial charge is 0.220 e. The zero-order valence-electron chi connectivity index (χ0n) is 10.1. The van der Waals surface area contributed by atoms with Crippen LogP contribution in [0.1, 0.15) is 39.5 Å². The lowest BCUT2D eigenvalue weighted by atomic mass is 10.1. The van der Waals surface area contributed by atoms with Crippen molar-refractivity contribution >= 4 is 18.3 Å². The Kier molecular flexibility index (Phi) is 7.72. The van der Waals surface area contributed by atoms with Crippen LogP contribution in [0.5, 0.6) is 0 Å². The van der Waals surface area contributed by atoms with Crippen molar-refractivity contribution in [3.05, 3.63) is 0 Å². The molecule has 1 heterocycles. The highest BCUT2D eigenvalue weighted by Gasteiger charge is 2.23. The predicted octanol–water partition coefficient (Wildman–Crippen LogP) is 1.22. The lowest BCUT2D eigenvalue weighted by Gasteiger charge is -2.20. The third-order valence-corrected chi connectivity index (χ3v) is 2.74. The lowest BCUT2D eigenvalue weighted by Crippen LogP contribution is -2.41. The van der Waals surface area contributed by atoms with Crippen molar-refractivity contribution in [1.82, 2.24) is 5.32 Å². The maximum Gasteiger partial charge on any atom is 0.220 e. The highest BCUT2D eigenvalue weighted by Crippen LogP contribution is 2.15. The Balaban J connectivity index is 0.00000225. The van der Waals surface area contributed by atoms with Crippen LogP contribution in [0.2, 0.25) is 0 Å². The minimum Gasteiger partial charge on any atom is -0.376 e. The number of hydrogen-bond acceptors (Lipinski definition) is 3. The average molecular weight is 251 g/mol. The van der Waals surface area contributed by atoms with Crippen molar-refractivity contribution in [2.45, 2.75) is 57.7 Å². The highest BCUT2D eigenvalue weighted by molar-refractivity contribution is 5.85. The summed E-state index contributed by atoms with van der Waals surface area (Å²) in [7, 11) is 0. The molecule has 0 saturated carbocycles. The van der Waals surface area contributed by atoms with Crippen LogP contribution in [0.15, 0.2) is 0 Å². The van der Waals surface area contributed by atoms with Gasteiger partial charge < -0.3 is 15.8 Å². The normalized spacial score (nSPS) is 23.3. The van der Waals surface area contributed by atoms with Crippen LogP contribution in [-0.2, 0) is 9.53 Å². The second kappa shape index (κ2) is 7.87. The Morgan fingerprint density at radius 2 is 2.25 bits per heavy atom. The first-order valence-corrected chi connectivity index (χ1v) is 5.76. The number of rotatable bonds is 5. The van der Waals surface area contributed by atoms with Crippen molar-refractivity contribution in [3.63, 3.8) is 0 Å². The minimum absolute atomic E-state index is 0. The third-order valence-electron chi connectivity index (χ3n) is 2.74. The molecular formula is C11H23ClN2O2. The Labute approximate surface area is 104 Å². The topological polar surface area (TPSA) is 64.4 Å². The molecule has 0 bridgehead atoms. The fourth-order valence-corrected chi connectivity index (χ4v) is 1.77. The van der Waals surface area contributed by atoms with Gasteiger partial charge in [-0.3, -0.25) is 4.79 Å². The van der Waals surface area contributed by atoms with E-state index in [0.29, 0.717) is 6.42 Å². The molecule has 0 aromatic rings. The zero-order valence-corrected chi connectivity index (χ0v) is 10.9. The molecule has 0 radical (unpaired) electrons. The summed E-state index contributed by atoms with van der Waals surface area (Å²) in [6, 6.07) is 0.210. The number of hydrogen-bond donors (Lipinski definition) is 2. The summed E-state index contributed by atoms with van der Waals surface area (Å²) >= 11 is 0. The van der Waals surface area contributed by atoms with Gasteiger partial charge in [0.1, 0.15) is 0 Å². The van der Waals surface area contributed by atoms with Gasteiger partial charge in [0.15, 0.2) is 0 Å². The summed E-state index contributed by atoms with van der Waals surface area (Å²) in [5, 5.41) is 2.96. The molecule has 4 nitrogen and oxygen atoms in total. The number of carbonyl (C=O) groups is 1. The first-order chi connectivity index (χ1) is 7.09. The fourth-order valence-electron chi connectivity index (χ4n) is 1.77.